The van der Waals surface area contributed by atoms with E-state index in [0.29, 0.717) is 13.0 Å². The lowest BCUT2D eigenvalue weighted by Crippen LogP contribution is -2.37. The molecule has 154 valence electrons. The van der Waals surface area contributed by atoms with Crippen LogP contribution in [-0.4, -0.2) is 46.1 Å². The minimum Gasteiger partial charge on any atom is -0.378 e. The zero-order chi connectivity index (χ0) is 20.6. The van der Waals surface area contributed by atoms with E-state index in [-0.39, 0.29) is 5.91 Å². The standard InChI is InChI=1S/C23H31N5O/c1-24-23(25-15-14-18-6-10-20(11-7-18)27(2)3)26-17-19-8-12-21(13-9-19)28-16-4-5-22(28)29/h6-13H,4-5,14-17H2,1-3H3,(H2,24,25,26). The van der Waals surface area contributed by atoms with Gasteiger partial charge in [-0.2, -0.15) is 0 Å². The Morgan fingerprint density at radius 3 is 2.31 bits per heavy atom. The van der Waals surface area contributed by atoms with Crippen LogP contribution in [0.2, 0.25) is 0 Å². The van der Waals surface area contributed by atoms with Crippen LogP contribution in [-0.2, 0) is 17.8 Å². The van der Waals surface area contributed by atoms with Crippen LogP contribution in [0.5, 0.6) is 0 Å². The number of hydrogen-bond acceptors (Lipinski definition) is 3. The van der Waals surface area contributed by atoms with Crippen LogP contribution in [0.4, 0.5) is 11.4 Å². The molecule has 0 atom stereocenters. The van der Waals surface area contributed by atoms with Crippen molar-refractivity contribution in [2.24, 2.45) is 4.99 Å². The van der Waals surface area contributed by atoms with Crippen molar-refractivity contribution < 1.29 is 4.79 Å². The molecule has 2 N–H and O–H groups in total. The van der Waals surface area contributed by atoms with Crippen LogP contribution in [0.3, 0.4) is 0 Å². The minimum atomic E-state index is 0.219. The first-order chi connectivity index (χ1) is 14.1. The molecule has 6 heteroatoms. The molecule has 0 spiro atoms. The van der Waals surface area contributed by atoms with E-state index in [0.717, 1.165) is 43.1 Å². The molecular weight excluding hydrogens is 362 g/mol. The molecule has 0 aromatic heterocycles. The second-order valence-electron chi connectivity index (χ2n) is 7.48. The molecule has 1 amide bonds. The number of carbonyl (C=O) groups excluding carboxylic acids is 1. The number of nitrogens with zero attached hydrogens (tertiary/aromatic N) is 3. The topological polar surface area (TPSA) is 60.0 Å². The van der Waals surface area contributed by atoms with Gasteiger partial charge in [0.1, 0.15) is 0 Å². The predicted octanol–water partition coefficient (Wildman–Crippen LogP) is 2.79. The Morgan fingerprint density at radius 2 is 1.72 bits per heavy atom. The second kappa shape index (κ2) is 9.96. The largest absolute Gasteiger partial charge is 0.378 e. The summed E-state index contributed by atoms with van der Waals surface area (Å²) in [6, 6.07) is 16.8. The fourth-order valence-corrected chi connectivity index (χ4v) is 3.41. The first kappa shape index (κ1) is 20.7. The monoisotopic (exact) mass is 393 g/mol. The summed E-state index contributed by atoms with van der Waals surface area (Å²) in [5.74, 6) is 1.01. The lowest BCUT2D eigenvalue weighted by atomic mass is 10.1. The molecule has 1 aliphatic rings. The van der Waals surface area contributed by atoms with Gasteiger partial charge in [-0.3, -0.25) is 9.79 Å². The van der Waals surface area contributed by atoms with Crippen molar-refractivity contribution in [1.82, 2.24) is 10.6 Å². The molecule has 1 saturated heterocycles. The molecule has 3 rings (SSSR count). The fourth-order valence-electron chi connectivity index (χ4n) is 3.41. The van der Waals surface area contributed by atoms with Gasteiger partial charge in [-0.25, -0.2) is 0 Å². The van der Waals surface area contributed by atoms with Crippen molar-refractivity contribution in [2.75, 3.05) is 44.0 Å². The van der Waals surface area contributed by atoms with Crippen molar-refractivity contribution in [2.45, 2.75) is 25.8 Å². The number of carbonyl (C=O) groups is 1. The molecule has 2 aromatic carbocycles. The van der Waals surface area contributed by atoms with E-state index in [2.05, 4.69) is 56.9 Å². The molecule has 1 heterocycles. The van der Waals surface area contributed by atoms with Gasteiger partial charge in [0.25, 0.3) is 0 Å². The van der Waals surface area contributed by atoms with Crippen molar-refractivity contribution >= 4 is 23.2 Å². The molecule has 0 radical (unpaired) electrons. The zero-order valence-corrected chi connectivity index (χ0v) is 17.6. The first-order valence-electron chi connectivity index (χ1n) is 10.2. The van der Waals surface area contributed by atoms with Crippen LogP contribution in [0.15, 0.2) is 53.5 Å². The van der Waals surface area contributed by atoms with Gasteiger partial charge in [0, 0.05) is 58.6 Å². The predicted molar refractivity (Wildman–Crippen MR) is 121 cm³/mol. The Hall–Kier alpha value is -3.02. The SMILES string of the molecule is CN=C(NCCc1ccc(N(C)C)cc1)NCc1ccc(N2CCCC2=O)cc1. The van der Waals surface area contributed by atoms with E-state index in [9.17, 15) is 4.79 Å². The molecule has 29 heavy (non-hydrogen) atoms. The third kappa shape index (κ3) is 5.73. The highest BCUT2D eigenvalue weighted by molar-refractivity contribution is 5.95. The molecule has 0 unspecified atom stereocenters. The zero-order valence-electron chi connectivity index (χ0n) is 17.6. The van der Waals surface area contributed by atoms with E-state index >= 15 is 0 Å². The van der Waals surface area contributed by atoms with E-state index in [1.807, 2.05) is 31.1 Å². The highest BCUT2D eigenvalue weighted by Crippen LogP contribution is 2.21. The summed E-state index contributed by atoms with van der Waals surface area (Å²) in [6.45, 7) is 2.33. The summed E-state index contributed by atoms with van der Waals surface area (Å²) < 4.78 is 0. The van der Waals surface area contributed by atoms with E-state index in [1.54, 1.807) is 7.05 Å². The van der Waals surface area contributed by atoms with Gasteiger partial charge in [0.2, 0.25) is 5.91 Å². The maximum Gasteiger partial charge on any atom is 0.227 e. The van der Waals surface area contributed by atoms with Gasteiger partial charge in [-0.1, -0.05) is 24.3 Å². The first-order valence-corrected chi connectivity index (χ1v) is 10.2. The van der Waals surface area contributed by atoms with Gasteiger partial charge in [0.15, 0.2) is 5.96 Å². The van der Waals surface area contributed by atoms with Crippen molar-refractivity contribution in [1.29, 1.82) is 0 Å². The van der Waals surface area contributed by atoms with E-state index in [4.69, 9.17) is 0 Å². The smallest absolute Gasteiger partial charge is 0.227 e. The average molecular weight is 394 g/mol. The Morgan fingerprint density at radius 1 is 1.03 bits per heavy atom. The van der Waals surface area contributed by atoms with Crippen LogP contribution in [0, 0.1) is 0 Å². The Bertz CT molecular complexity index is 827. The van der Waals surface area contributed by atoms with E-state index in [1.165, 1.54) is 11.3 Å². The minimum absolute atomic E-state index is 0.219. The van der Waals surface area contributed by atoms with E-state index < -0.39 is 0 Å². The maximum absolute atomic E-state index is 11.9. The fraction of sp³-hybridized carbons (Fsp3) is 0.391. The van der Waals surface area contributed by atoms with Crippen molar-refractivity contribution in [3.05, 3.63) is 59.7 Å². The third-order valence-electron chi connectivity index (χ3n) is 5.16. The highest BCUT2D eigenvalue weighted by atomic mass is 16.2. The number of rotatable bonds is 7. The Kier molecular flexibility index (Phi) is 7.11. The molecule has 1 aliphatic heterocycles. The normalized spacial score (nSPS) is 14.2. The molecule has 0 saturated carbocycles. The summed E-state index contributed by atoms with van der Waals surface area (Å²) in [4.78, 5) is 20.1. The molecule has 6 nitrogen and oxygen atoms in total. The van der Waals surface area contributed by atoms with Gasteiger partial charge < -0.3 is 20.4 Å². The number of anilines is 2. The molecular formula is C23H31N5O. The summed E-state index contributed by atoms with van der Waals surface area (Å²) in [5.41, 5.74) is 4.64. The lowest BCUT2D eigenvalue weighted by Gasteiger charge is -2.16. The van der Waals surface area contributed by atoms with Crippen LogP contribution in [0.1, 0.15) is 24.0 Å². The van der Waals surface area contributed by atoms with Crippen LogP contribution >= 0.6 is 0 Å². The number of aliphatic imine (C=N–C) groups is 1. The Labute approximate surface area is 173 Å². The summed E-state index contributed by atoms with van der Waals surface area (Å²) >= 11 is 0. The maximum atomic E-state index is 11.9. The van der Waals surface area contributed by atoms with Gasteiger partial charge in [0.05, 0.1) is 0 Å². The number of benzene rings is 2. The van der Waals surface area contributed by atoms with Crippen LogP contribution < -0.4 is 20.4 Å². The van der Waals surface area contributed by atoms with Gasteiger partial charge in [-0.05, 0) is 48.2 Å². The molecule has 1 fully saturated rings. The number of nitrogens with one attached hydrogen (secondary N) is 2. The number of amides is 1. The van der Waals surface area contributed by atoms with Crippen molar-refractivity contribution in [3.8, 4) is 0 Å². The number of guanidine groups is 1. The van der Waals surface area contributed by atoms with Crippen molar-refractivity contribution in [3.63, 3.8) is 0 Å². The Balaban J connectivity index is 1.43. The molecule has 0 bridgehead atoms. The summed E-state index contributed by atoms with van der Waals surface area (Å²) in [7, 11) is 5.88. The second-order valence-corrected chi connectivity index (χ2v) is 7.48. The highest BCUT2D eigenvalue weighted by Gasteiger charge is 2.21. The quantitative estimate of drug-likeness (QED) is 0.561. The third-order valence-corrected chi connectivity index (χ3v) is 5.16. The van der Waals surface area contributed by atoms with Crippen LogP contribution in [0.25, 0.3) is 0 Å². The van der Waals surface area contributed by atoms with Gasteiger partial charge >= 0.3 is 0 Å². The molecule has 2 aromatic rings. The average Bonchev–Trinajstić information content (AvgIpc) is 3.17. The summed E-state index contributed by atoms with van der Waals surface area (Å²) in [5, 5.41) is 6.71. The lowest BCUT2D eigenvalue weighted by molar-refractivity contribution is -0.117. The van der Waals surface area contributed by atoms with Gasteiger partial charge in [-0.15, -0.1) is 0 Å². The number of hydrogen-bond donors (Lipinski definition) is 2. The molecule has 0 aliphatic carbocycles. The summed E-state index contributed by atoms with van der Waals surface area (Å²) in [6.07, 6.45) is 2.54.